The Morgan fingerprint density at radius 2 is 2.00 bits per heavy atom. The van der Waals surface area contributed by atoms with Gasteiger partial charge in [-0.15, -0.1) is 0 Å². The molecule has 3 aromatic rings. The Hall–Kier alpha value is -4.04. The Morgan fingerprint density at radius 3 is 2.69 bits per heavy atom. The summed E-state index contributed by atoms with van der Waals surface area (Å²) < 4.78 is 62.9. The molecular formula is C27H28ClF2N5O6S. The number of carbonyl (C=O) groups is 2. The second-order valence-electron chi connectivity index (χ2n) is 9.53. The molecule has 0 unspecified atom stereocenters. The van der Waals surface area contributed by atoms with E-state index in [1.165, 1.54) is 24.4 Å². The number of rotatable bonds is 10. The maximum absolute atomic E-state index is 14.6. The lowest BCUT2D eigenvalue weighted by molar-refractivity contribution is -0.140. The van der Waals surface area contributed by atoms with Crippen LogP contribution in [0.5, 0.6) is 11.5 Å². The fraction of sp³-hybridized carbons (Fsp3) is 0.333. The van der Waals surface area contributed by atoms with Gasteiger partial charge in [-0.05, 0) is 24.3 Å². The van der Waals surface area contributed by atoms with Gasteiger partial charge in [0.2, 0.25) is 11.8 Å². The average Bonchev–Trinajstić information content (AvgIpc) is 2.96. The number of piperidine rings is 1. The molecule has 2 N–H and O–H groups in total. The van der Waals surface area contributed by atoms with E-state index in [2.05, 4.69) is 27.2 Å². The number of hydrogen-bond acceptors (Lipinski definition) is 9. The summed E-state index contributed by atoms with van der Waals surface area (Å²) in [6.45, 7) is 3.57. The van der Waals surface area contributed by atoms with Crippen molar-refractivity contribution in [3.8, 4) is 11.5 Å². The van der Waals surface area contributed by atoms with Crippen LogP contribution in [-0.2, 0) is 19.4 Å². The van der Waals surface area contributed by atoms with Crippen molar-refractivity contribution in [3.63, 3.8) is 0 Å². The van der Waals surface area contributed by atoms with E-state index in [9.17, 15) is 26.8 Å². The van der Waals surface area contributed by atoms with Crippen molar-refractivity contribution in [2.45, 2.75) is 25.0 Å². The number of hydrogen-bond donors (Lipinski definition) is 2. The Kier molecular flexibility index (Phi) is 9.46. The monoisotopic (exact) mass is 623 g/mol. The highest BCUT2D eigenvalue weighted by Gasteiger charge is 2.36. The molecule has 15 heteroatoms. The van der Waals surface area contributed by atoms with E-state index < -0.39 is 50.5 Å². The van der Waals surface area contributed by atoms with Gasteiger partial charge in [0.05, 0.1) is 24.1 Å². The molecule has 11 nitrogen and oxygen atoms in total. The second-order valence-corrected chi connectivity index (χ2v) is 12.2. The summed E-state index contributed by atoms with van der Waals surface area (Å²) in [6.07, 6.45) is 3.34. The first-order valence-corrected chi connectivity index (χ1v) is 15.1. The zero-order valence-corrected chi connectivity index (χ0v) is 24.3. The molecule has 0 saturated carbocycles. The van der Waals surface area contributed by atoms with Crippen molar-refractivity contribution in [1.29, 1.82) is 0 Å². The molecule has 2 amide bonds. The summed E-state index contributed by atoms with van der Waals surface area (Å²) in [5.41, 5.74) is 0.323. The number of nitrogens with zero attached hydrogens (tertiary/aromatic N) is 3. The predicted molar refractivity (Wildman–Crippen MR) is 153 cm³/mol. The van der Waals surface area contributed by atoms with Gasteiger partial charge in [0.15, 0.2) is 17.3 Å². The fourth-order valence-electron chi connectivity index (χ4n) is 4.49. The fourth-order valence-corrected chi connectivity index (χ4v) is 5.13. The van der Waals surface area contributed by atoms with Crippen molar-refractivity contribution < 1.29 is 36.3 Å². The number of carbonyl (C=O) groups excluding carboxylic acids is 2. The minimum Gasteiger partial charge on any atom is -0.493 e. The van der Waals surface area contributed by atoms with Gasteiger partial charge in [0, 0.05) is 43.6 Å². The Labute approximate surface area is 245 Å². The molecule has 1 aliphatic rings. The maximum Gasteiger partial charge on any atom is 0.246 e. The Balaban J connectivity index is 1.61. The van der Waals surface area contributed by atoms with Crippen LogP contribution in [0.15, 0.2) is 43.2 Å². The van der Waals surface area contributed by atoms with Crippen LogP contribution in [0.3, 0.4) is 0 Å². The summed E-state index contributed by atoms with van der Waals surface area (Å²) in [6, 6.07) is 4.45. The van der Waals surface area contributed by atoms with Crippen molar-refractivity contribution in [3.05, 3.63) is 59.9 Å². The third-order valence-electron chi connectivity index (χ3n) is 6.59. The number of likely N-dealkylation sites (tertiary alicyclic amines) is 1. The number of sulfone groups is 1. The number of aromatic nitrogens is 2. The third-order valence-corrected chi connectivity index (χ3v) is 7.88. The number of benzene rings is 2. The number of halogens is 3. The molecule has 2 heterocycles. The smallest absolute Gasteiger partial charge is 0.246 e. The lowest BCUT2D eigenvalue weighted by Crippen LogP contribution is -2.55. The van der Waals surface area contributed by atoms with Crippen molar-refractivity contribution in [1.82, 2.24) is 20.2 Å². The van der Waals surface area contributed by atoms with E-state index in [-0.39, 0.29) is 42.5 Å². The normalized spacial score (nSPS) is 17.0. The Bertz CT molecular complexity index is 1640. The number of fused-ring (bicyclic) bond motifs is 1. The van der Waals surface area contributed by atoms with E-state index in [0.29, 0.717) is 23.1 Å². The first kappa shape index (κ1) is 30.9. The SMILES string of the molecule is C=CC(=O)N1CC[C@@H](Oc2cc3c(Nc4ccc(F)c(Cl)c4F)ncnc3cc2OC)C[C@@H]1C(=O)NCCS(C)(=O)=O. The van der Waals surface area contributed by atoms with Crippen molar-refractivity contribution in [2.24, 2.45) is 0 Å². The average molecular weight is 624 g/mol. The molecule has 1 saturated heterocycles. The van der Waals surface area contributed by atoms with E-state index in [4.69, 9.17) is 21.1 Å². The van der Waals surface area contributed by atoms with Crippen LogP contribution < -0.4 is 20.1 Å². The molecule has 2 atom stereocenters. The summed E-state index contributed by atoms with van der Waals surface area (Å²) in [5, 5.41) is 5.13. The number of anilines is 2. The second kappa shape index (κ2) is 12.9. The van der Waals surface area contributed by atoms with Crippen LogP contribution in [0.1, 0.15) is 12.8 Å². The predicted octanol–water partition coefficient (Wildman–Crippen LogP) is 3.40. The molecule has 224 valence electrons. The Morgan fingerprint density at radius 1 is 1.24 bits per heavy atom. The van der Waals surface area contributed by atoms with E-state index in [0.717, 1.165) is 18.4 Å². The highest BCUT2D eigenvalue weighted by Crippen LogP contribution is 2.37. The molecule has 0 aliphatic carbocycles. The zero-order valence-electron chi connectivity index (χ0n) is 22.7. The van der Waals surface area contributed by atoms with E-state index in [1.54, 1.807) is 12.1 Å². The first-order chi connectivity index (χ1) is 19.9. The molecule has 1 fully saturated rings. The molecular weight excluding hydrogens is 596 g/mol. The number of ether oxygens (including phenoxy) is 2. The zero-order chi connectivity index (χ0) is 30.6. The minimum atomic E-state index is -3.30. The molecule has 0 radical (unpaired) electrons. The van der Waals surface area contributed by atoms with Gasteiger partial charge in [-0.25, -0.2) is 27.2 Å². The number of amides is 2. The maximum atomic E-state index is 14.6. The molecule has 0 bridgehead atoms. The third kappa shape index (κ3) is 7.05. The lowest BCUT2D eigenvalue weighted by atomic mass is 9.98. The summed E-state index contributed by atoms with van der Waals surface area (Å²) in [7, 11) is -1.86. The first-order valence-electron chi connectivity index (χ1n) is 12.7. The van der Waals surface area contributed by atoms with Gasteiger partial charge < -0.3 is 25.0 Å². The molecule has 2 aromatic carbocycles. The molecule has 4 rings (SSSR count). The van der Waals surface area contributed by atoms with Gasteiger partial charge in [-0.1, -0.05) is 18.2 Å². The van der Waals surface area contributed by atoms with E-state index in [1.807, 2.05) is 0 Å². The highest BCUT2D eigenvalue weighted by molar-refractivity contribution is 7.90. The largest absolute Gasteiger partial charge is 0.493 e. The van der Waals surface area contributed by atoms with E-state index >= 15 is 0 Å². The van der Waals surface area contributed by atoms with Crippen LogP contribution in [0.25, 0.3) is 10.9 Å². The van der Waals surface area contributed by atoms with Crippen LogP contribution in [0.4, 0.5) is 20.3 Å². The standard InChI is InChI=1S/C27H28ClF2N5O6S/c1-4-23(36)35-9-7-15(11-20(35)27(37)31-8-10-42(3,38)39)41-22-12-16-19(13-21(22)40-2)32-14-33-26(16)34-18-6-5-17(29)24(28)25(18)30/h4-6,12-15,20H,1,7-11H2,2-3H3,(H,31,37)(H,32,33,34)/t15-,20-/m1/s1. The quantitative estimate of drug-likeness (QED) is 0.257. The van der Waals surface area contributed by atoms with Gasteiger partial charge in [-0.3, -0.25) is 9.59 Å². The van der Waals surface area contributed by atoms with Crippen molar-refractivity contribution in [2.75, 3.05) is 37.5 Å². The summed E-state index contributed by atoms with van der Waals surface area (Å²) >= 11 is 5.72. The molecule has 42 heavy (non-hydrogen) atoms. The summed E-state index contributed by atoms with van der Waals surface area (Å²) in [4.78, 5) is 35.3. The molecule has 1 aromatic heterocycles. The van der Waals surface area contributed by atoms with Gasteiger partial charge in [0.25, 0.3) is 0 Å². The number of nitrogens with one attached hydrogen (secondary N) is 2. The van der Waals surface area contributed by atoms with Crippen molar-refractivity contribution >= 4 is 55.7 Å². The lowest BCUT2D eigenvalue weighted by Gasteiger charge is -2.38. The molecule has 1 aliphatic heterocycles. The van der Waals surface area contributed by atoms with Gasteiger partial charge >= 0.3 is 0 Å². The van der Waals surface area contributed by atoms with Gasteiger partial charge in [0.1, 0.15) is 45.0 Å². The minimum absolute atomic E-state index is 0.0984. The molecule has 0 spiro atoms. The number of methoxy groups -OCH3 is 1. The van der Waals surface area contributed by atoms with Gasteiger partial charge in [-0.2, -0.15) is 0 Å². The highest BCUT2D eigenvalue weighted by atomic mass is 35.5. The summed E-state index contributed by atoms with van der Waals surface area (Å²) in [5.74, 6) is -2.34. The van der Waals surface area contributed by atoms with Crippen LogP contribution >= 0.6 is 11.6 Å². The van der Waals surface area contributed by atoms with Crippen LogP contribution in [0.2, 0.25) is 5.02 Å². The topological polar surface area (TPSA) is 140 Å². The van der Waals surface area contributed by atoms with Crippen LogP contribution in [0, 0.1) is 11.6 Å². The van der Waals surface area contributed by atoms with Crippen LogP contribution in [-0.4, -0.2) is 79.5 Å².